The maximum atomic E-state index is 11.0. The lowest BCUT2D eigenvalue weighted by molar-refractivity contribution is 0.172. The van der Waals surface area contributed by atoms with E-state index in [0.717, 1.165) is 24.1 Å². The Morgan fingerprint density at radius 3 is 2.68 bits per heavy atom. The van der Waals surface area contributed by atoms with Crippen LogP contribution in [0.15, 0.2) is 29.3 Å². The van der Waals surface area contributed by atoms with Crippen LogP contribution in [0.3, 0.4) is 0 Å². The van der Waals surface area contributed by atoms with Gasteiger partial charge in [0.05, 0.1) is 12.9 Å². The third kappa shape index (κ3) is 10.6. The third-order valence-corrected chi connectivity index (χ3v) is 3.82. The molecule has 0 radical (unpaired) electrons. The SMILES string of the molecule is CN=C(NCCCNS(C)(=O)=O)Nc1cccc(OCCCOC)c1. The van der Waals surface area contributed by atoms with Gasteiger partial charge in [0, 0.05) is 52.0 Å². The van der Waals surface area contributed by atoms with Crippen LogP contribution in [0.1, 0.15) is 12.8 Å². The zero-order valence-electron chi connectivity index (χ0n) is 15.0. The second-order valence-corrected chi connectivity index (χ2v) is 7.20. The Balaban J connectivity index is 2.39. The molecule has 0 aliphatic heterocycles. The molecule has 0 unspecified atom stereocenters. The number of nitrogens with one attached hydrogen (secondary N) is 3. The van der Waals surface area contributed by atoms with Crippen molar-refractivity contribution < 1.29 is 17.9 Å². The van der Waals surface area contributed by atoms with Gasteiger partial charge >= 0.3 is 0 Å². The number of hydrogen-bond acceptors (Lipinski definition) is 5. The Labute approximate surface area is 150 Å². The summed E-state index contributed by atoms with van der Waals surface area (Å²) in [5.41, 5.74) is 0.853. The smallest absolute Gasteiger partial charge is 0.208 e. The number of sulfonamides is 1. The van der Waals surface area contributed by atoms with Gasteiger partial charge in [0.25, 0.3) is 0 Å². The molecule has 0 saturated carbocycles. The van der Waals surface area contributed by atoms with Crippen molar-refractivity contribution in [1.29, 1.82) is 0 Å². The van der Waals surface area contributed by atoms with E-state index in [1.54, 1.807) is 14.2 Å². The molecule has 0 amide bonds. The van der Waals surface area contributed by atoms with Crippen LogP contribution >= 0.6 is 0 Å². The van der Waals surface area contributed by atoms with E-state index in [1.165, 1.54) is 0 Å². The molecule has 9 heteroatoms. The van der Waals surface area contributed by atoms with E-state index in [4.69, 9.17) is 9.47 Å². The van der Waals surface area contributed by atoms with Gasteiger partial charge in [0.1, 0.15) is 5.75 Å². The van der Waals surface area contributed by atoms with E-state index in [2.05, 4.69) is 20.3 Å². The summed E-state index contributed by atoms with van der Waals surface area (Å²) in [4.78, 5) is 4.14. The van der Waals surface area contributed by atoms with Crippen LogP contribution < -0.4 is 20.1 Å². The molecular weight excluding hydrogens is 344 g/mol. The van der Waals surface area contributed by atoms with E-state index in [1.807, 2.05) is 24.3 Å². The molecule has 3 N–H and O–H groups in total. The summed E-state index contributed by atoms with van der Waals surface area (Å²) in [5.74, 6) is 1.38. The fraction of sp³-hybridized carbons (Fsp3) is 0.562. The Bertz CT molecular complexity index is 635. The summed E-state index contributed by atoms with van der Waals surface area (Å²) in [6, 6.07) is 7.60. The van der Waals surface area contributed by atoms with Gasteiger partial charge in [-0.2, -0.15) is 0 Å². The first kappa shape index (κ1) is 21.2. The normalized spacial score (nSPS) is 12.0. The first-order chi connectivity index (χ1) is 11.9. The van der Waals surface area contributed by atoms with Crippen molar-refractivity contribution in [1.82, 2.24) is 10.0 Å². The molecular formula is C16H28N4O4S. The van der Waals surface area contributed by atoms with Gasteiger partial charge in [0.15, 0.2) is 5.96 Å². The van der Waals surface area contributed by atoms with Gasteiger partial charge < -0.3 is 20.1 Å². The molecule has 142 valence electrons. The zero-order valence-corrected chi connectivity index (χ0v) is 15.9. The van der Waals surface area contributed by atoms with Crippen LogP contribution in [-0.4, -0.2) is 61.1 Å². The topological polar surface area (TPSA) is 101 Å². The predicted octanol–water partition coefficient (Wildman–Crippen LogP) is 1.03. The van der Waals surface area contributed by atoms with Gasteiger partial charge in [-0.05, 0) is 18.6 Å². The van der Waals surface area contributed by atoms with Gasteiger partial charge in [-0.15, -0.1) is 0 Å². The fourth-order valence-corrected chi connectivity index (χ4v) is 2.44. The number of hydrogen-bond donors (Lipinski definition) is 3. The lowest BCUT2D eigenvalue weighted by atomic mass is 10.3. The largest absolute Gasteiger partial charge is 0.493 e. The van der Waals surface area contributed by atoms with Crippen LogP contribution in [0, 0.1) is 0 Å². The minimum atomic E-state index is -3.14. The number of guanidine groups is 1. The summed E-state index contributed by atoms with van der Waals surface area (Å²) in [6.45, 7) is 2.24. The average Bonchev–Trinajstić information content (AvgIpc) is 2.57. The molecule has 0 saturated heterocycles. The molecule has 25 heavy (non-hydrogen) atoms. The Kier molecular flexibility index (Phi) is 9.90. The molecule has 0 fully saturated rings. The van der Waals surface area contributed by atoms with Crippen molar-refractivity contribution in [2.75, 3.05) is 52.0 Å². The molecule has 0 aromatic heterocycles. The molecule has 0 atom stereocenters. The second-order valence-electron chi connectivity index (χ2n) is 5.37. The molecule has 1 aromatic rings. The van der Waals surface area contributed by atoms with E-state index < -0.39 is 10.0 Å². The maximum Gasteiger partial charge on any atom is 0.208 e. The lowest BCUT2D eigenvalue weighted by Gasteiger charge is -2.13. The average molecular weight is 372 g/mol. The first-order valence-electron chi connectivity index (χ1n) is 8.08. The molecule has 0 spiro atoms. The fourth-order valence-electron chi connectivity index (χ4n) is 1.93. The Morgan fingerprint density at radius 1 is 1.20 bits per heavy atom. The van der Waals surface area contributed by atoms with Crippen LogP contribution in [0.4, 0.5) is 5.69 Å². The van der Waals surface area contributed by atoms with Crippen LogP contribution in [0.25, 0.3) is 0 Å². The second kappa shape index (κ2) is 11.7. The highest BCUT2D eigenvalue weighted by Crippen LogP contribution is 2.17. The molecule has 8 nitrogen and oxygen atoms in total. The number of nitrogens with zero attached hydrogens (tertiary/aromatic N) is 1. The maximum absolute atomic E-state index is 11.0. The number of rotatable bonds is 11. The van der Waals surface area contributed by atoms with E-state index >= 15 is 0 Å². The minimum Gasteiger partial charge on any atom is -0.493 e. The summed E-state index contributed by atoms with van der Waals surface area (Å²) >= 11 is 0. The van der Waals surface area contributed by atoms with Gasteiger partial charge in [0.2, 0.25) is 10.0 Å². The zero-order chi connectivity index (χ0) is 18.5. The van der Waals surface area contributed by atoms with Gasteiger partial charge in [-0.25, -0.2) is 13.1 Å². The third-order valence-electron chi connectivity index (χ3n) is 3.09. The van der Waals surface area contributed by atoms with E-state index in [9.17, 15) is 8.42 Å². The van der Waals surface area contributed by atoms with Crippen molar-refractivity contribution >= 4 is 21.7 Å². The summed E-state index contributed by atoms with van der Waals surface area (Å²) < 4.78 is 35.1. The van der Waals surface area contributed by atoms with Crippen LogP contribution in [-0.2, 0) is 14.8 Å². The number of aliphatic imine (C=N–C) groups is 1. The molecule has 0 heterocycles. The van der Waals surface area contributed by atoms with Crippen LogP contribution in [0.2, 0.25) is 0 Å². The number of ether oxygens (including phenoxy) is 2. The summed E-state index contributed by atoms with van der Waals surface area (Å²) in [5, 5.41) is 6.30. The molecule has 0 aliphatic rings. The first-order valence-corrected chi connectivity index (χ1v) is 9.98. The predicted molar refractivity (Wildman–Crippen MR) is 101 cm³/mol. The standard InChI is InChI=1S/C16H28N4O4S/c1-17-16(18-9-5-10-19-25(3,21)22)20-14-7-4-8-15(13-14)24-12-6-11-23-2/h4,7-8,13,19H,5-6,9-12H2,1-3H3,(H2,17,18,20). The summed E-state index contributed by atoms with van der Waals surface area (Å²) in [6.07, 6.45) is 2.63. The van der Waals surface area contributed by atoms with E-state index in [0.29, 0.717) is 38.7 Å². The molecule has 0 aliphatic carbocycles. The van der Waals surface area contributed by atoms with Crippen molar-refractivity contribution in [3.8, 4) is 5.75 Å². The Morgan fingerprint density at radius 2 is 2.00 bits per heavy atom. The summed E-state index contributed by atoms with van der Waals surface area (Å²) in [7, 11) is 0.202. The highest BCUT2D eigenvalue weighted by molar-refractivity contribution is 7.88. The van der Waals surface area contributed by atoms with Crippen LogP contribution in [0.5, 0.6) is 5.75 Å². The van der Waals surface area contributed by atoms with Gasteiger partial charge in [-0.3, -0.25) is 4.99 Å². The highest BCUT2D eigenvalue weighted by atomic mass is 32.2. The minimum absolute atomic E-state index is 0.383. The Hall–Kier alpha value is -1.84. The van der Waals surface area contributed by atoms with Gasteiger partial charge in [-0.1, -0.05) is 6.07 Å². The highest BCUT2D eigenvalue weighted by Gasteiger charge is 2.02. The van der Waals surface area contributed by atoms with E-state index in [-0.39, 0.29) is 0 Å². The number of methoxy groups -OCH3 is 1. The monoisotopic (exact) mass is 372 g/mol. The van der Waals surface area contributed by atoms with Crippen molar-refractivity contribution in [2.24, 2.45) is 4.99 Å². The molecule has 0 bridgehead atoms. The van der Waals surface area contributed by atoms with Crippen molar-refractivity contribution in [3.05, 3.63) is 24.3 Å². The molecule has 1 rings (SSSR count). The number of anilines is 1. The quantitative estimate of drug-likeness (QED) is 0.305. The van der Waals surface area contributed by atoms with Crippen molar-refractivity contribution in [3.63, 3.8) is 0 Å². The number of benzene rings is 1. The van der Waals surface area contributed by atoms with Crippen molar-refractivity contribution in [2.45, 2.75) is 12.8 Å². The molecule has 1 aromatic carbocycles. The lowest BCUT2D eigenvalue weighted by Crippen LogP contribution is -2.33.